The molecule has 0 aromatic heterocycles. The maximum Gasteiger partial charge on any atom is 0.472 e. The van der Waals surface area contributed by atoms with E-state index in [9.17, 15) is 43.2 Å². The van der Waals surface area contributed by atoms with Gasteiger partial charge in [0.1, 0.15) is 19.3 Å². The number of hydrogen-bond donors (Lipinski definition) is 3. The Hall–Kier alpha value is -1.94. The van der Waals surface area contributed by atoms with Crippen LogP contribution >= 0.6 is 15.6 Å². The van der Waals surface area contributed by atoms with Crippen LogP contribution in [0.2, 0.25) is 0 Å². The molecule has 19 heteroatoms. The van der Waals surface area contributed by atoms with Gasteiger partial charge in [-0.1, -0.05) is 336 Å². The Morgan fingerprint density at radius 3 is 0.763 bits per heavy atom. The Balaban J connectivity index is 5.17. The van der Waals surface area contributed by atoms with E-state index >= 15 is 0 Å². The van der Waals surface area contributed by atoms with Crippen molar-refractivity contribution in [3.63, 3.8) is 0 Å². The number of rotatable bonds is 74. The number of aliphatic hydroxyl groups is 1. The van der Waals surface area contributed by atoms with Gasteiger partial charge in [0.15, 0.2) is 12.2 Å². The van der Waals surface area contributed by atoms with E-state index in [2.05, 4.69) is 34.6 Å². The van der Waals surface area contributed by atoms with Gasteiger partial charge in [0, 0.05) is 25.7 Å². The molecule has 0 fully saturated rings. The topological polar surface area (TPSA) is 237 Å². The van der Waals surface area contributed by atoms with Gasteiger partial charge < -0.3 is 33.8 Å². The van der Waals surface area contributed by atoms with Gasteiger partial charge in [-0.3, -0.25) is 37.3 Å². The molecule has 0 aromatic carbocycles. The molecule has 0 saturated carbocycles. The minimum atomic E-state index is -4.95. The zero-order valence-electron chi connectivity index (χ0n) is 60.4. The summed E-state index contributed by atoms with van der Waals surface area (Å²) in [6.45, 7) is 7.18. The lowest BCUT2D eigenvalue weighted by molar-refractivity contribution is -0.161. The van der Waals surface area contributed by atoms with Gasteiger partial charge in [0.2, 0.25) is 0 Å². The minimum Gasteiger partial charge on any atom is -0.462 e. The van der Waals surface area contributed by atoms with Gasteiger partial charge in [-0.2, -0.15) is 0 Å². The summed E-state index contributed by atoms with van der Waals surface area (Å²) in [4.78, 5) is 72.5. The van der Waals surface area contributed by atoms with Crippen LogP contribution < -0.4 is 0 Å². The quantitative estimate of drug-likeness (QED) is 0.0222. The van der Waals surface area contributed by atoms with Crippen molar-refractivity contribution in [2.45, 2.75) is 406 Å². The highest BCUT2D eigenvalue weighted by Crippen LogP contribution is 2.45. The van der Waals surface area contributed by atoms with Crippen molar-refractivity contribution in [1.82, 2.24) is 0 Å². The van der Waals surface area contributed by atoms with Gasteiger partial charge in [-0.05, 0) is 31.6 Å². The smallest absolute Gasteiger partial charge is 0.462 e. The number of ether oxygens (including phenoxy) is 4. The molecule has 0 aromatic rings. The molecule has 0 amide bonds. The molecular formula is C74H144O17P2. The highest BCUT2D eigenvalue weighted by Gasteiger charge is 2.30. The van der Waals surface area contributed by atoms with Gasteiger partial charge >= 0.3 is 39.5 Å². The zero-order valence-corrected chi connectivity index (χ0v) is 62.2. The molecule has 0 aliphatic rings. The van der Waals surface area contributed by atoms with Crippen molar-refractivity contribution >= 4 is 39.5 Å². The van der Waals surface area contributed by atoms with Gasteiger partial charge in [-0.15, -0.1) is 0 Å². The fourth-order valence-electron chi connectivity index (χ4n) is 11.3. The Morgan fingerprint density at radius 2 is 0.516 bits per heavy atom. The third-order valence-corrected chi connectivity index (χ3v) is 19.5. The number of hydrogen-bond acceptors (Lipinski definition) is 15. The first kappa shape index (κ1) is 91.1. The molecule has 0 aliphatic heterocycles. The number of carbonyl (C=O) groups excluding carboxylic acids is 4. The molecule has 0 radical (unpaired) electrons. The van der Waals surface area contributed by atoms with Crippen LogP contribution in [0.5, 0.6) is 0 Å². The zero-order chi connectivity index (χ0) is 68.4. The average Bonchev–Trinajstić information content (AvgIpc) is 2.81. The van der Waals surface area contributed by atoms with Crippen LogP contribution in [0.3, 0.4) is 0 Å². The van der Waals surface area contributed by atoms with E-state index in [-0.39, 0.29) is 25.7 Å². The number of esters is 4. The Morgan fingerprint density at radius 1 is 0.301 bits per heavy atom. The van der Waals surface area contributed by atoms with Crippen LogP contribution in [0.15, 0.2) is 0 Å². The van der Waals surface area contributed by atoms with Gasteiger partial charge in [0.05, 0.1) is 26.4 Å². The summed E-state index contributed by atoms with van der Waals surface area (Å²) in [5.74, 6) is -1.40. The van der Waals surface area contributed by atoms with Crippen molar-refractivity contribution in [1.29, 1.82) is 0 Å². The normalized spacial score (nSPS) is 14.3. The second kappa shape index (κ2) is 67.3. The summed E-state index contributed by atoms with van der Waals surface area (Å²) < 4.78 is 68.3. The molecule has 0 bridgehead atoms. The molecule has 0 saturated heterocycles. The van der Waals surface area contributed by atoms with E-state index in [0.717, 1.165) is 109 Å². The molecule has 6 atom stereocenters. The van der Waals surface area contributed by atoms with E-state index in [1.54, 1.807) is 0 Å². The Bertz CT molecular complexity index is 1790. The molecule has 0 rings (SSSR count). The van der Waals surface area contributed by atoms with Crippen LogP contribution in [0.25, 0.3) is 0 Å². The molecule has 93 heavy (non-hydrogen) atoms. The summed E-state index contributed by atoms with van der Waals surface area (Å²) in [6.07, 6.45) is 55.8. The minimum absolute atomic E-state index is 0.103. The van der Waals surface area contributed by atoms with Crippen molar-refractivity contribution in [2.75, 3.05) is 39.6 Å². The number of carbonyl (C=O) groups is 4. The van der Waals surface area contributed by atoms with Crippen LogP contribution in [0, 0.1) is 5.92 Å². The molecule has 0 heterocycles. The van der Waals surface area contributed by atoms with Crippen LogP contribution in [-0.4, -0.2) is 96.7 Å². The maximum absolute atomic E-state index is 13.1. The Labute approximate surface area is 568 Å². The lowest BCUT2D eigenvalue weighted by Crippen LogP contribution is -2.30. The number of phosphoric acid groups is 2. The third-order valence-electron chi connectivity index (χ3n) is 17.6. The average molecular weight is 1370 g/mol. The highest BCUT2D eigenvalue weighted by atomic mass is 31.2. The largest absolute Gasteiger partial charge is 0.472 e. The van der Waals surface area contributed by atoms with E-state index in [1.165, 1.54) is 199 Å². The summed E-state index contributed by atoms with van der Waals surface area (Å²) in [5, 5.41) is 10.6. The van der Waals surface area contributed by atoms with Crippen LogP contribution in [0.1, 0.15) is 388 Å². The summed E-state index contributed by atoms with van der Waals surface area (Å²) in [7, 11) is -9.90. The predicted octanol–water partition coefficient (Wildman–Crippen LogP) is 21.7. The van der Waals surface area contributed by atoms with Crippen molar-refractivity contribution in [3.8, 4) is 0 Å². The second-order valence-electron chi connectivity index (χ2n) is 26.9. The highest BCUT2D eigenvalue weighted by molar-refractivity contribution is 7.47. The molecule has 3 N–H and O–H groups in total. The molecule has 3 unspecified atom stereocenters. The monoisotopic (exact) mass is 1370 g/mol. The first-order valence-electron chi connectivity index (χ1n) is 38.7. The fraction of sp³-hybridized carbons (Fsp3) is 0.946. The summed E-state index contributed by atoms with van der Waals surface area (Å²) in [6, 6.07) is 0. The SMILES string of the molecule is CCCCCCCCCCCCCCCCCCCCCCC(=O)O[C@H](COC(=O)CCCCCCCCCCCCCCCCCC)COP(=O)(O)OC[C@@H](O)COP(=O)(O)OC[C@@H](COC(=O)CCCCCCCCC)OC(=O)CCCCCCCCC(C)CC. The second-order valence-corrected chi connectivity index (χ2v) is 29.8. The van der Waals surface area contributed by atoms with Crippen LogP contribution in [-0.2, 0) is 65.4 Å². The van der Waals surface area contributed by atoms with E-state index in [4.69, 9.17) is 37.0 Å². The number of phosphoric ester groups is 2. The standard InChI is InChI=1S/C74H144O17P2/c1-6-10-13-16-19-21-23-25-27-29-30-31-32-34-36-38-40-43-49-54-59-73(78)90-69(64-85-72(77)58-53-48-42-39-37-35-33-28-26-24-22-20-17-14-11-7-2)65-88-92(80,81)86-61-68(75)62-87-93(82,83)89-66-70(63-84-71(76)57-52-47-41-18-15-12-8-3)91-74(79)60-55-50-45-44-46-51-56-67(5)9-4/h67-70,75H,6-66H2,1-5H3,(H,80,81)(H,82,83)/t67?,68-,69-,70-/m1/s1. The predicted molar refractivity (Wildman–Crippen MR) is 377 cm³/mol. The summed E-state index contributed by atoms with van der Waals surface area (Å²) >= 11 is 0. The Kier molecular flexibility index (Phi) is 65.9. The fourth-order valence-corrected chi connectivity index (χ4v) is 12.9. The van der Waals surface area contributed by atoms with Gasteiger partial charge in [-0.25, -0.2) is 9.13 Å². The van der Waals surface area contributed by atoms with Gasteiger partial charge in [0.25, 0.3) is 0 Å². The van der Waals surface area contributed by atoms with Crippen LogP contribution in [0.4, 0.5) is 0 Å². The number of unbranched alkanes of at least 4 members (excludes halogenated alkanes) is 45. The lowest BCUT2D eigenvalue weighted by Gasteiger charge is -2.21. The molecular weight excluding hydrogens is 1220 g/mol. The first-order valence-corrected chi connectivity index (χ1v) is 41.7. The van der Waals surface area contributed by atoms with Crippen molar-refractivity contribution in [3.05, 3.63) is 0 Å². The summed E-state index contributed by atoms with van der Waals surface area (Å²) in [5.41, 5.74) is 0. The van der Waals surface area contributed by atoms with Crippen molar-refractivity contribution < 1.29 is 80.2 Å². The van der Waals surface area contributed by atoms with E-state index in [1.807, 2.05) is 0 Å². The first-order chi connectivity index (χ1) is 45.1. The van der Waals surface area contributed by atoms with E-state index in [0.29, 0.717) is 25.7 Å². The maximum atomic E-state index is 13.1. The van der Waals surface area contributed by atoms with E-state index < -0.39 is 97.5 Å². The molecule has 552 valence electrons. The molecule has 0 aliphatic carbocycles. The lowest BCUT2D eigenvalue weighted by atomic mass is 10.00. The molecule has 0 spiro atoms. The molecule has 17 nitrogen and oxygen atoms in total. The number of aliphatic hydroxyl groups excluding tert-OH is 1. The third kappa shape index (κ3) is 67.0. The van der Waals surface area contributed by atoms with Crippen molar-refractivity contribution in [2.24, 2.45) is 5.92 Å².